The topological polar surface area (TPSA) is 138 Å². The first-order valence-electron chi connectivity index (χ1n) is 12.6. The zero-order chi connectivity index (χ0) is 30.1. The van der Waals surface area contributed by atoms with Gasteiger partial charge in [0.25, 0.3) is 11.1 Å². The van der Waals surface area contributed by atoms with Crippen molar-refractivity contribution in [2.24, 2.45) is 4.99 Å². The smallest absolute Gasteiger partial charge is 0.338 e. The van der Waals surface area contributed by atoms with Crippen LogP contribution in [-0.4, -0.2) is 41.3 Å². The highest BCUT2D eigenvalue weighted by Gasteiger charge is 2.35. The Hall–Kier alpha value is -3.88. The lowest BCUT2D eigenvalue weighted by Gasteiger charge is -2.26. The second-order valence-electron chi connectivity index (χ2n) is 8.98. The van der Waals surface area contributed by atoms with Gasteiger partial charge in [-0.25, -0.2) is 14.8 Å². The molecule has 14 heteroatoms. The van der Waals surface area contributed by atoms with Gasteiger partial charge in [0.05, 0.1) is 42.7 Å². The highest BCUT2D eigenvalue weighted by molar-refractivity contribution is 9.10. The number of benzene rings is 1. The summed E-state index contributed by atoms with van der Waals surface area (Å²) in [6.45, 7) is 5.32. The Morgan fingerprint density at radius 1 is 1.19 bits per heavy atom. The molecule has 3 aromatic heterocycles. The van der Waals surface area contributed by atoms with E-state index in [1.54, 1.807) is 51.1 Å². The fourth-order valence-corrected chi connectivity index (χ4v) is 6.83. The monoisotopic (exact) mass is 672 g/mol. The molecular weight excluding hydrogens is 648 g/mol. The Morgan fingerprint density at radius 3 is 2.62 bits per heavy atom. The van der Waals surface area contributed by atoms with E-state index in [4.69, 9.17) is 18.6 Å². The summed E-state index contributed by atoms with van der Waals surface area (Å²) in [4.78, 5) is 50.9. The molecule has 0 amide bonds. The number of H-pyrrole nitrogens is 1. The highest BCUT2D eigenvalue weighted by atomic mass is 79.9. The van der Waals surface area contributed by atoms with Gasteiger partial charge in [-0.2, -0.15) is 0 Å². The molecule has 0 radical (unpaired) electrons. The minimum Gasteiger partial charge on any atom is -0.493 e. The SMILES string of the molecule is CCOC(=O)C1=C(C)N=c2s/c(=C/c3ccc(Sc4nc(C)cc(=O)[nH]4)o3)c(=O)n2[C@H]1c1cc(OC)c(OC)cc1Br. The Balaban J connectivity index is 1.63. The first-order valence-corrected chi connectivity index (χ1v) is 15.0. The zero-order valence-electron chi connectivity index (χ0n) is 23.1. The maximum atomic E-state index is 13.9. The number of aromatic nitrogens is 3. The van der Waals surface area contributed by atoms with Gasteiger partial charge in [0.1, 0.15) is 5.76 Å². The molecule has 0 fully saturated rings. The molecule has 4 heterocycles. The van der Waals surface area contributed by atoms with E-state index in [-0.39, 0.29) is 23.3 Å². The van der Waals surface area contributed by atoms with Crippen molar-refractivity contribution >= 4 is 51.1 Å². The Labute approximate surface area is 255 Å². The molecule has 0 aliphatic carbocycles. The van der Waals surface area contributed by atoms with Crippen molar-refractivity contribution in [1.29, 1.82) is 0 Å². The third kappa shape index (κ3) is 5.74. The number of halogens is 1. The van der Waals surface area contributed by atoms with E-state index in [2.05, 4.69) is 30.9 Å². The van der Waals surface area contributed by atoms with Gasteiger partial charge >= 0.3 is 5.97 Å². The molecule has 0 bridgehead atoms. The summed E-state index contributed by atoms with van der Waals surface area (Å²) in [6.07, 6.45) is 1.62. The molecule has 0 unspecified atom stereocenters. The lowest BCUT2D eigenvalue weighted by Crippen LogP contribution is -2.40. The van der Waals surface area contributed by atoms with Crippen LogP contribution in [0.4, 0.5) is 0 Å². The van der Waals surface area contributed by atoms with Crippen LogP contribution in [0.25, 0.3) is 6.08 Å². The fraction of sp³-hybridized carbons (Fsp3) is 0.250. The molecule has 0 saturated heterocycles. The van der Waals surface area contributed by atoms with Crippen molar-refractivity contribution in [1.82, 2.24) is 14.5 Å². The third-order valence-corrected chi connectivity index (χ3v) is 8.71. The molecule has 1 N–H and O–H groups in total. The summed E-state index contributed by atoms with van der Waals surface area (Å²) in [5.41, 5.74) is 1.22. The summed E-state index contributed by atoms with van der Waals surface area (Å²) < 4.78 is 24.7. The minimum absolute atomic E-state index is 0.157. The van der Waals surface area contributed by atoms with Crippen LogP contribution < -0.4 is 29.9 Å². The van der Waals surface area contributed by atoms with Crippen molar-refractivity contribution in [3.8, 4) is 11.5 Å². The summed E-state index contributed by atoms with van der Waals surface area (Å²) in [7, 11) is 3.04. The number of hydrogen-bond donors (Lipinski definition) is 1. The third-order valence-electron chi connectivity index (χ3n) is 6.24. The summed E-state index contributed by atoms with van der Waals surface area (Å²) >= 11 is 5.92. The first kappa shape index (κ1) is 29.6. The lowest BCUT2D eigenvalue weighted by atomic mass is 9.95. The van der Waals surface area contributed by atoms with Crippen molar-refractivity contribution < 1.29 is 23.4 Å². The van der Waals surface area contributed by atoms with Crippen molar-refractivity contribution in [3.05, 3.63) is 93.1 Å². The first-order chi connectivity index (χ1) is 20.1. The largest absolute Gasteiger partial charge is 0.493 e. The Kier molecular flexibility index (Phi) is 8.57. The normalized spacial score (nSPS) is 14.9. The number of esters is 1. The van der Waals surface area contributed by atoms with E-state index in [0.717, 1.165) is 11.8 Å². The van der Waals surface area contributed by atoms with Gasteiger partial charge in [-0.3, -0.25) is 14.2 Å². The Morgan fingerprint density at radius 2 is 1.93 bits per heavy atom. The van der Waals surface area contributed by atoms with E-state index in [0.29, 0.717) is 58.3 Å². The number of carbonyl (C=O) groups is 1. The average molecular weight is 674 g/mol. The standard InChI is InChI=1S/C28H25BrN4O7S2/c1-6-39-26(36)23-14(3)31-28-33(24(23)16-11-18(37-4)19(38-5)12-17(16)29)25(35)20(41-28)10-15-7-8-22(40-15)42-27-30-13(2)9-21(34)32-27/h7-12,24H,6H2,1-5H3,(H,30,32,34)/b20-10+/t24-/m0/s1. The number of carbonyl (C=O) groups excluding carboxylic acids is 1. The molecule has 1 aliphatic rings. The second-order valence-corrected chi connectivity index (χ2v) is 11.8. The van der Waals surface area contributed by atoms with Crippen LogP contribution in [0, 0.1) is 6.92 Å². The molecule has 11 nitrogen and oxygen atoms in total. The number of hydrogen-bond acceptors (Lipinski definition) is 11. The predicted octanol–water partition coefficient (Wildman–Crippen LogP) is 3.71. The molecule has 4 aromatic rings. The van der Waals surface area contributed by atoms with Gasteiger partial charge in [0, 0.05) is 22.3 Å². The molecule has 1 aliphatic heterocycles. The lowest BCUT2D eigenvalue weighted by molar-refractivity contribution is -0.139. The van der Waals surface area contributed by atoms with Gasteiger partial charge in [0.2, 0.25) is 0 Å². The van der Waals surface area contributed by atoms with E-state index in [1.807, 2.05) is 0 Å². The van der Waals surface area contributed by atoms with Crippen LogP contribution in [0.5, 0.6) is 11.5 Å². The van der Waals surface area contributed by atoms with Crippen molar-refractivity contribution in [3.63, 3.8) is 0 Å². The summed E-state index contributed by atoms with van der Waals surface area (Å²) in [5, 5.41) is 0.873. The van der Waals surface area contributed by atoms with Gasteiger partial charge < -0.3 is 23.6 Å². The molecule has 1 atom stereocenters. The number of ether oxygens (including phenoxy) is 3. The van der Waals surface area contributed by atoms with Crippen molar-refractivity contribution in [2.45, 2.75) is 37.1 Å². The second kappa shape index (κ2) is 12.2. The number of thiazole rings is 1. The van der Waals surface area contributed by atoms with Crippen LogP contribution >= 0.6 is 39.0 Å². The quantitative estimate of drug-likeness (QED) is 0.219. The number of methoxy groups -OCH3 is 2. The minimum atomic E-state index is -0.858. The van der Waals surface area contributed by atoms with E-state index < -0.39 is 12.0 Å². The zero-order valence-corrected chi connectivity index (χ0v) is 26.4. The molecule has 1 aromatic carbocycles. The molecule has 0 saturated carbocycles. The Bertz CT molecular complexity index is 1970. The maximum absolute atomic E-state index is 13.9. The van der Waals surface area contributed by atoms with Gasteiger partial charge in [-0.1, -0.05) is 27.3 Å². The molecular formula is C28H25BrN4O7S2. The number of fused-ring (bicyclic) bond motifs is 1. The van der Waals surface area contributed by atoms with Crippen LogP contribution in [-0.2, 0) is 9.53 Å². The summed E-state index contributed by atoms with van der Waals surface area (Å²) in [6, 6.07) is 7.43. The molecule has 5 rings (SSSR count). The molecule has 218 valence electrons. The molecule has 42 heavy (non-hydrogen) atoms. The van der Waals surface area contributed by atoms with Crippen LogP contribution in [0.15, 0.2) is 75.3 Å². The van der Waals surface area contributed by atoms with E-state index in [9.17, 15) is 14.4 Å². The van der Waals surface area contributed by atoms with E-state index >= 15 is 0 Å². The summed E-state index contributed by atoms with van der Waals surface area (Å²) in [5.74, 6) is 0.759. The van der Waals surface area contributed by atoms with Gasteiger partial charge in [-0.15, -0.1) is 0 Å². The predicted molar refractivity (Wildman–Crippen MR) is 160 cm³/mol. The molecule has 0 spiro atoms. The average Bonchev–Trinajstić information content (AvgIpc) is 3.50. The van der Waals surface area contributed by atoms with Crippen LogP contribution in [0.3, 0.4) is 0 Å². The maximum Gasteiger partial charge on any atom is 0.338 e. The highest BCUT2D eigenvalue weighted by Crippen LogP contribution is 2.40. The van der Waals surface area contributed by atoms with Gasteiger partial charge in [-0.05, 0) is 62.4 Å². The number of nitrogens with zero attached hydrogens (tertiary/aromatic N) is 3. The number of aromatic amines is 1. The number of allylic oxidation sites excluding steroid dienone is 1. The van der Waals surface area contributed by atoms with Crippen LogP contribution in [0.1, 0.15) is 36.9 Å². The van der Waals surface area contributed by atoms with E-state index in [1.165, 1.54) is 36.2 Å². The number of aryl methyl sites for hydroxylation is 1. The number of furan rings is 1. The van der Waals surface area contributed by atoms with Gasteiger partial charge in [0.15, 0.2) is 26.5 Å². The van der Waals surface area contributed by atoms with Crippen LogP contribution in [0.2, 0.25) is 0 Å². The number of nitrogens with one attached hydrogen (secondary N) is 1. The number of rotatable bonds is 8. The fourth-order valence-electron chi connectivity index (χ4n) is 4.46. The van der Waals surface area contributed by atoms with Crippen molar-refractivity contribution in [2.75, 3.05) is 20.8 Å².